The average Bonchev–Trinajstić information content (AvgIpc) is 3.31. The predicted octanol–water partition coefficient (Wildman–Crippen LogP) is 5.88. The smallest absolute Gasteiger partial charge is 0.290 e. The van der Waals surface area contributed by atoms with Crippen LogP contribution in [0, 0.1) is 0 Å². The van der Waals surface area contributed by atoms with Gasteiger partial charge in [-0.1, -0.05) is 18.6 Å². The van der Waals surface area contributed by atoms with Gasteiger partial charge in [-0.2, -0.15) is 0 Å². The summed E-state index contributed by atoms with van der Waals surface area (Å²) in [5, 5.41) is 11.5. The second-order valence-electron chi connectivity index (χ2n) is 9.64. The quantitative estimate of drug-likeness (QED) is 0.349. The van der Waals surface area contributed by atoms with Crippen LogP contribution in [0.2, 0.25) is 0 Å². The lowest BCUT2D eigenvalue weighted by Gasteiger charge is -2.20. The zero-order valence-electron chi connectivity index (χ0n) is 23.7. The molecule has 0 bridgehead atoms. The highest BCUT2D eigenvalue weighted by Crippen LogP contribution is 2.23. The number of ether oxygens (including phenoxy) is 2. The molecule has 5 rings (SSSR count). The first-order valence-electron chi connectivity index (χ1n) is 13.7. The Hall–Kier alpha value is -3.94. The number of likely N-dealkylation sites (N-methyl/N-ethyl adjacent to an activating group) is 1. The first-order chi connectivity index (χ1) is 19.0. The van der Waals surface area contributed by atoms with Gasteiger partial charge in [0.25, 0.3) is 6.47 Å². The third kappa shape index (κ3) is 9.09. The van der Waals surface area contributed by atoms with Gasteiger partial charge in [-0.3, -0.25) is 4.79 Å². The summed E-state index contributed by atoms with van der Waals surface area (Å²) < 4.78 is 13.6. The van der Waals surface area contributed by atoms with E-state index < -0.39 is 0 Å². The number of nitrogens with one attached hydrogen (secondary N) is 1. The molecule has 2 aromatic heterocycles. The number of pyridine rings is 1. The molecule has 0 atom stereocenters. The van der Waals surface area contributed by atoms with Crippen molar-refractivity contribution < 1.29 is 19.4 Å². The van der Waals surface area contributed by atoms with Crippen molar-refractivity contribution in [3.8, 4) is 5.75 Å². The van der Waals surface area contributed by atoms with Gasteiger partial charge in [-0.25, -0.2) is 4.98 Å². The van der Waals surface area contributed by atoms with Crippen LogP contribution in [0.1, 0.15) is 44.9 Å². The van der Waals surface area contributed by atoms with E-state index in [9.17, 15) is 0 Å². The molecule has 8 heteroatoms. The Morgan fingerprint density at radius 1 is 1.15 bits per heavy atom. The average molecular weight is 535 g/mol. The van der Waals surface area contributed by atoms with Gasteiger partial charge in [0, 0.05) is 62.1 Å². The summed E-state index contributed by atoms with van der Waals surface area (Å²) in [6.07, 6.45) is 10.6. The number of aryl methyl sites for hydroxylation is 2. The van der Waals surface area contributed by atoms with Gasteiger partial charge in [0.05, 0.1) is 13.2 Å². The number of carbonyl (C=O) groups is 1. The molecule has 0 unspecified atom stereocenters. The van der Waals surface area contributed by atoms with Crippen LogP contribution in [0.25, 0.3) is 10.9 Å². The van der Waals surface area contributed by atoms with Crippen molar-refractivity contribution in [1.29, 1.82) is 0 Å². The molecule has 39 heavy (non-hydrogen) atoms. The van der Waals surface area contributed by atoms with E-state index in [-0.39, 0.29) is 6.47 Å². The Morgan fingerprint density at radius 2 is 1.97 bits per heavy atom. The minimum absolute atomic E-state index is 0.250. The number of anilines is 1. The molecule has 0 saturated heterocycles. The third-order valence-corrected chi connectivity index (χ3v) is 6.33. The van der Waals surface area contributed by atoms with E-state index in [4.69, 9.17) is 24.4 Å². The first-order valence-corrected chi connectivity index (χ1v) is 13.7. The fourth-order valence-corrected chi connectivity index (χ4v) is 4.71. The summed E-state index contributed by atoms with van der Waals surface area (Å²) in [5.74, 6) is 2.96. The number of hydrogen-bond acceptors (Lipinski definition) is 6. The van der Waals surface area contributed by atoms with Gasteiger partial charge < -0.3 is 29.4 Å². The Morgan fingerprint density at radius 3 is 2.72 bits per heavy atom. The molecule has 0 aliphatic carbocycles. The van der Waals surface area contributed by atoms with Crippen LogP contribution in [0.4, 0.5) is 5.82 Å². The molecule has 2 N–H and O–H groups in total. The maximum absolute atomic E-state index is 8.36. The Kier molecular flexibility index (Phi) is 11.7. The van der Waals surface area contributed by atoms with Crippen molar-refractivity contribution in [3.63, 3.8) is 0 Å². The van der Waals surface area contributed by atoms with Crippen LogP contribution >= 0.6 is 0 Å². The summed E-state index contributed by atoms with van der Waals surface area (Å²) in [6, 6.07) is 12.8. The van der Waals surface area contributed by atoms with Crippen LogP contribution < -0.4 is 10.1 Å². The van der Waals surface area contributed by atoms with Gasteiger partial charge in [-0.05, 0) is 75.1 Å². The highest BCUT2D eigenvalue weighted by atomic mass is 16.5. The number of fused-ring (bicyclic) bond motifs is 2. The van der Waals surface area contributed by atoms with Crippen LogP contribution in [0.3, 0.4) is 0 Å². The van der Waals surface area contributed by atoms with E-state index in [1.165, 1.54) is 28.5 Å². The monoisotopic (exact) mass is 534 g/mol. The van der Waals surface area contributed by atoms with Crippen LogP contribution in [-0.4, -0.2) is 59.4 Å². The number of aromatic nitrogens is 2. The Bertz CT molecular complexity index is 1260. The Labute approximate surface area is 231 Å². The second kappa shape index (κ2) is 15.5. The number of hydrogen-bond donors (Lipinski definition) is 2. The molecule has 0 saturated carbocycles. The van der Waals surface area contributed by atoms with Crippen molar-refractivity contribution in [3.05, 3.63) is 77.5 Å². The van der Waals surface area contributed by atoms with Crippen molar-refractivity contribution in [2.45, 2.75) is 53.0 Å². The highest BCUT2D eigenvalue weighted by Gasteiger charge is 2.10. The maximum Gasteiger partial charge on any atom is 0.290 e. The van der Waals surface area contributed by atoms with Gasteiger partial charge in [0.1, 0.15) is 17.3 Å². The molecule has 2 aliphatic rings. The third-order valence-electron chi connectivity index (χ3n) is 6.33. The zero-order chi connectivity index (χ0) is 28.0. The summed E-state index contributed by atoms with van der Waals surface area (Å²) >= 11 is 0. The molecule has 0 fully saturated rings. The largest absolute Gasteiger partial charge is 0.493 e. The maximum atomic E-state index is 8.36. The highest BCUT2D eigenvalue weighted by molar-refractivity contribution is 5.81. The summed E-state index contributed by atoms with van der Waals surface area (Å²) in [6.45, 7) is 10.5. The minimum Gasteiger partial charge on any atom is -0.493 e. The van der Waals surface area contributed by atoms with Crippen molar-refractivity contribution in [2.75, 3.05) is 38.7 Å². The first kappa shape index (κ1) is 29.6. The minimum atomic E-state index is -0.250. The molecule has 0 radical (unpaired) electrons. The number of nitrogens with zero attached hydrogens (tertiary/aromatic N) is 3. The van der Waals surface area contributed by atoms with Crippen LogP contribution in [0.15, 0.2) is 66.2 Å². The van der Waals surface area contributed by atoms with E-state index in [2.05, 4.69) is 84.4 Å². The summed E-state index contributed by atoms with van der Waals surface area (Å²) in [4.78, 5) is 15.2. The number of allylic oxidation sites excluding steroid dienone is 1. The van der Waals surface area contributed by atoms with Gasteiger partial charge in [0.15, 0.2) is 0 Å². The molecule has 8 nitrogen and oxygen atoms in total. The molecule has 4 heterocycles. The van der Waals surface area contributed by atoms with E-state index in [1.54, 1.807) is 0 Å². The number of benzene rings is 1. The fraction of sp³-hybridized carbons (Fsp3) is 0.419. The lowest BCUT2D eigenvalue weighted by molar-refractivity contribution is -0.122. The summed E-state index contributed by atoms with van der Waals surface area (Å²) in [5.41, 5.74) is 5.04. The van der Waals surface area contributed by atoms with Crippen LogP contribution in [-0.2, 0) is 28.9 Å². The molecular weight excluding hydrogens is 492 g/mol. The van der Waals surface area contributed by atoms with E-state index in [1.807, 2.05) is 13.1 Å². The Balaban J connectivity index is 0.000000251. The van der Waals surface area contributed by atoms with Gasteiger partial charge >= 0.3 is 0 Å². The molecule has 3 aromatic rings. The predicted molar refractivity (Wildman–Crippen MR) is 157 cm³/mol. The van der Waals surface area contributed by atoms with Crippen molar-refractivity contribution in [2.24, 2.45) is 0 Å². The molecular formula is C31H42N4O4. The van der Waals surface area contributed by atoms with Crippen LogP contribution in [0.5, 0.6) is 5.75 Å². The second-order valence-corrected chi connectivity index (χ2v) is 9.64. The molecule has 2 aliphatic heterocycles. The number of carboxylic acid groups (broad SMARTS) is 1. The van der Waals surface area contributed by atoms with E-state index in [0.717, 1.165) is 68.5 Å². The zero-order valence-corrected chi connectivity index (χ0v) is 23.7. The topological polar surface area (TPSA) is 88.9 Å². The molecule has 210 valence electrons. The normalized spacial score (nSPS) is 13.9. The standard InChI is InChI=1S/C21H25N3O.C9H15NO.CH2O2/c1-2-12-24-13-9-17-15-19(7-8-20(17)24)25-14-10-18-6-5-16-4-3-11-22-21(16)23-18;1-4-11-9-5-8(2)6-10(3)7-9;2-1-3/h5-9,13,15H,2-4,10-12,14H2,1H3,(H,22,23);5,7H,4,6H2,1-3H3;1H,(H,2,3). The van der Waals surface area contributed by atoms with E-state index in [0.29, 0.717) is 6.61 Å². The summed E-state index contributed by atoms with van der Waals surface area (Å²) in [7, 11) is 2.05. The van der Waals surface area contributed by atoms with Crippen molar-refractivity contribution in [1.82, 2.24) is 14.5 Å². The lowest BCUT2D eigenvalue weighted by atomic mass is 10.1. The van der Waals surface area contributed by atoms with E-state index >= 15 is 0 Å². The number of rotatable bonds is 8. The molecule has 0 amide bonds. The fourth-order valence-electron chi connectivity index (χ4n) is 4.71. The van der Waals surface area contributed by atoms with Crippen molar-refractivity contribution >= 4 is 23.2 Å². The van der Waals surface area contributed by atoms with Gasteiger partial charge in [0.2, 0.25) is 0 Å². The SMILES string of the molecule is CCCn1ccc2cc(OCCc3ccc4c(n3)NCCC4)ccc21.CCOC1=CN(C)CC(C)=C1.O=CO. The molecule has 0 spiro atoms. The lowest BCUT2D eigenvalue weighted by Crippen LogP contribution is -2.18. The molecule has 1 aromatic carbocycles. The van der Waals surface area contributed by atoms with Gasteiger partial charge in [-0.15, -0.1) is 0 Å².